The van der Waals surface area contributed by atoms with Crippen molar-refractivity contribution < 1.29 is 0 Å². The van der Waals surface area contributed by atoms with E-state index in [1.165, 1.54) is 0 Å². The smallest absolute Gasteiger partial charge is 0.170 e. The Labute approximate surface area is 154 Å². The van der Waals surface area contributed by atoms with E-state index < -0.39 is 0 Å². The summed E-state index contributed by atoms with van der Waals surface area (Å²) >= 11 is 1.60. The van der Waals surface area contributed by atoms with Crippen molar-refractivity contribution in [3.63, 3.8) is 0 Å². The molecule has 0 aromatic carbocycles. The predicted octanol–water partition coefficient (Wildman–Crippen LogP) is 3.84. The summed E-state index contributed by atoms with van der Waals surface area (Å²) in [6.45, 7) is 3.59. The maximum Gasteiger partial charge on any atom is 0.170 e. The van der Waals surface area contributed by atoms with Gasteiger partial charge in [-0.15, -0.1) is 11.3 Å². The summed E-state index contributed by atoms with van der Waals surface area (Å²) in [5, 5.41) is 1.96. The molecule has 4 heterocycles. The van der Waals surface area contributed by atoms with Crippen molar-refractivity contribution in [2.75, 3.05) is 7.05 Å². The van der Waals surface area contributed by atoms with Crippen LogP contribution in [0.1, 0.15) is 5.69 Å². The van der Waals surface area contributed by atoms with E-state index in [1.807, 2.05) is 48.3 Å². The lowest BCUT2D eigenvalue weighted by Crippen LogP contribution is -2.04. The molecular formula is C19H16N6S. The molecule has 0 aliphatic carbocycles. The molecule has 0 atom stereocenters. The molecule has 6 nitrogen and oxygen atoms in total. The number of aryl methyl sites for hydroxylation is 1. The summed E-state index contributed by atoms with van der Waals surface area (Å²) in [4.78, 5) is 22.7. The minimum absolute atomic E-state index is 0.601. The van der Waals surface area contributed by atoms with Crippen LogP contribution in [0.4, 0.5) is 0 Å². The second-order valence-electron chi connectivity index (χ2n) is 5.67. The van der Waals surface area contributed by atoms with Crippen molar-refractivity contribution in [2.24, 2.45) is 17.0 Å². The molecule has 0 amide bonds. The van der Waals surface area contributed by atoms with E-state index in [0.29, 0.717) is 5.84 Å². The quantitative estimate of drug-likeness (QED) is 0.412. The van der Waals surface area contributed by atoms with Gasteiger partial charge in [0.15, 0.2) is 5.84 Å². The molecule has 0 radical (unpaired) electrons. The zero-order valence-electron chi connectivity index (χ0n) is 14.4. The highest BCUT2D eigenvalue weighted by Crippen LogP contribution is 2.32. The van der Waals surface area contributed by atoms with Gasteiger partial charge >= 0.3 is 0 Å². The molecule has 4 aromatic heterocycles. The molecule has 0 spiro atoms. The monoisotopic (exact) mass is 360 g/mol. The van der Waals surface area contributed by atoms with E-state index in [2.05, 4.69) is 32.7 Å². The molecule has 4 rings (SSSR count). The number of aliphatic imine (C=N–C) groups is 2. The van der Waals surface area contributed by atoms with Crippen molar-refractivity contribution in [3.05, 3.63) is 54.6 Å². The van der Waals surface area contributed by atoms with Gasteiger partial charge in [-0.25, -0.2) is 15.0 Å². The van der Waals surface area contributed by atoms with Gasteiger partial charge in [0, 0.05) is 43.6 Å². The Morgan fingerprint density at radius 3 is 2.85 bits per heavy atom. The van der Waals surface area contributed by atoms with E-state index in [9.17, 15) is 0 Å². The van der Waals surface area contributed by atoms with Gasteiger partial charge in [-0.2, -0.15) is 0 Å². The lowest BCUT2D eigenvalue weighted by atomic mass is 10.2. The van der Waals surface area contributed by atoms with Gasteiger partial charge in [-0.1, -0.05) is 0 Å². The molecule has 0 saturated heterocycles. The van der Waals surface area contributed by atoms with E-state index in [-0.39, 0.29) is 0 Å². The lowest BCUT2D eigenvalue weighted by Gasteiger charge is -2.03. The molecule has 26 heavy (non-hydrogen) atoms. The van der Waals surface area contributed by atoms with E-state index in [1.54, 1.807) is 24.6 Å². The van der Waals surface area contributed by atoms with Gasteiger partial charge in [0.2, 0.25) is 0 Å². The lowest BCUT2D eigenvalue weighted by molar-refractivity contribution is 0.933. The van der Waals surface area contributed by atoms with Crippen molar-refractivity contribution in [1.82, 2.24) is 19.5 Å². The number of fused-ring (bicyclic) bond motifs is 1. The second kappa shape index (κ2) is 6.61. The Morgan fingerprint density at radius 2 is 2.12 bits per heavy atom. The molecule has 0 saturated carbocycles. The molecule has 4 aromatic rings. The van der Waals surface area contributed by atoms with Crippen molar-refractivity contribution in [2.45, 2.75) is 0 Å². The first-order valence-corrected chi connectivity index (χ1v) is 8.80. The Balaban J connectivity index is 1.78. The summed E-state index contributed by atoms with van der Waals surface area (Å²) in [5.74, 6) is 0.601. The van der Waals surface area contributed by atoms with Crippen molar-refractivity contribution >= 4 is 34.9 Å². The molecule has 0 N–H and O–H groups in total. The number of rotatable bonds is 3. The molecule has 128 valence electrons. The van der Waals surface area contributed by atoms with Crippen LogP contribution in [-0.4, -0.2) is 39.1 Å². The van der Waals surface area contributed by atoms with E-state index in [0.717, 1.165) is 37.9 Å². The van der Waals surface area contributed by atoms with Gasteiger partial charge in [0.1, 0.15) is 10.7 Å². The number of aromatic nitrogens is 4. The van der Waals surface area contributed by atoms with Crippen LogP contribution < -0.4 is 0 Å². The Hall–Kier alpha value is -3.19. The summed E-state index contributed by atoms with van der Waals surface area (Å²) < 4.78 is 1.99. The van der Waals surface area contributed by atoms with Crippen LogP contribution in [-0.2, 0) is 7.05 Å². The molecule has 0 aliphatic rings. The van der Waals surface area contributed by atoms with Crippen LogP contribution in [0.25, 0.3) is 32.2 Å². The van der Waals surface area contributed by atoms with Crippen LogP contribution in [0.5, 0.6) is 0 Å². The number of pyridine rings is 2. The minimum atomic E-state index is 0.601. The fourth-order valence-corrected chi connectivity index (χ4v) is 3.71. The van der Waals surface area contributed by atoms with Crippen LogP contribution in [0.3, 0.4) is 0 Å². The van der Waals surface area contributed by atoms with Gasteiger partial charge in [0.25, 0.3) is 0 Å². The molecule has 7 heteroatoms. The molecule has 0 aliphatic heterocycles. The molecular weight excluding hydrogens is 344 g/mol. The summed E-state index contributed by atoms with van der Waals surface area (Å²) in [6, 6.07) is 10.0. The standard InChI is InChI=1S/C19H16N6S/c1-20-17(21-2)15-9-12-6-7-14(24-18(12)25(15)3)16-11-23-19(26-16)13-5-4-8-22-10-13/h4-11H,1H2,2-3H3. The first-order valence-electron chi connectivity index (χ1n) is 7.98. The zero-order chi connectivity index (χ0) is 18.1. The molecule has 0 bridgehead atoms. The number of amidine groups is 1. The number of hydrogen-bond acceptors (Lipinski definition) is 5. The Bertz CT molecular complexity index is 1120. The first-order chi connectivity index (χ1) is 12.7. The first kappa shape index (κ1) is 16.3. The average Bonchev–Trinajstić information content (AvgIpc) is 3.29. The van der Waals surface area contributed by atoms with Gasteiger partial charge in [-0.05, 0) is 37.0 Å². The van der Waals surface area contributed by atoms with Gasteiger partial charge < -0.3 is 4.57 Å². The minimum Gasteiger partial charge on any atom is -0.326 e. The number of thiazole rings is 1. The summed E-state index contributed by atoms with van der Waals surface area (Å²) in [7, 11) is 3.66. The topological polar surface area (TPSA) is 68.3 Å². The SMILES string of the molecule is C=NC(=NC)c1cc2ccc(-c3cnc(-c4cccnc4)s3)nc2n1C. The van der Waals surface area contributed by atoms with Crippen LogP contribution in [0.15, 0.2) is 58.9 Å². The second-order valence-corrected chi connectivity index (χ2v) is 6.71. The highest BCUT2D eigenvalue weighted by atomic mass is 32.1. The fraction of sp³-hybridized carbons (Fsp3) is 0.105. The third-order valence-corrected chi connectivity index (χ3v) is 5.20. The third kappa shape index (κ3) is 2.72. The van der Waals surface area contributed by atoms with E-state index >= 15 is 0 Å². The normalized spacial score (nSPS) is 11.8. The average molecular weight is 360 g/mol. The van der Waals surface area contributed by atoms with E-state index in [4.69, 9.17) is 4.98 Å². The van der Waals surface area contributed by atoms with Gasteiger partial charge in [0.05, 0.1) is 16.3 Å². The van der Waals surface area contributed by atoms with Crippen molar-refractivity contribution in [3.8, 4) is 21.1 Å². The van der Waals surface area contributed by atoms with Crippen LogP contribution >= 0.6 is 11.3 Å². The fourth-order valence-electron chi connectivity index (χ4n) is 2.83. The third-order valence-electron chi connectivity index (χ3n) is 4.13. The molecule has 0 unspecified atom stereocenters. The highest BCUT2D eigenvalue weighted by molar-refractivity contribution is 7.18. The largest absolute Gasteiger partial charge is 0.326 e. The predicted molar refractivity (Wildman–Crippen MR) is 107 cm³/mol. The molecule has 0 fully saturated rings. The zero-order valence-corrected chi connectivity index (χ0v) is 15.2. The summed E-state index contributed by atoms with van der Waals surface area (Å²) in [5.41, 5.74) is 3.66. The van der Waals surface area contributed by atoms with Crippen LogP contribution in [0.2, 0.25) is 0 Å². The summed E-state index contributed by atoms with van der Waals surface area (Å²) in [6.07, 6.45) is 5.43. The highest BCUT2D eigenvalue weighted by Gasteiger charge is 2.14. The van der Waals surface area contributed by atoms with Crippen LogP contribution in [0, 0.1) is 0 Å². The van der Waals surface area contributed by atoms with Crippen molar-refractivity contribution in [1.29, 1.82) is 0 Å². The maximum atomic E-state index is 4.82. The Kier molecular flexibility index (Phi) is 4.14. The number of hydrogen-bond donors (Lipinski definition) is 0. The Morgan fingerprint density at radius 1 is 1.23 bits per heavy atom. The van der Waals surface area contributed by atoms with Gasteiger partial charge in [-0.3, -0.25) is 9.98 Å². The number of nitrogens with zero attached hydrogens (tertiary/aromatic N) is 6. The maximum absolute atomic E-state index is 4.82.